The van der Waals surface area contributed by atoms with Crippen molar-refractivity contribution in [3.8, 4) is 0 Å². The summed E-state index contributed by atoms with van der Waals surface area (Å²) in [6.45, 7) is 1.39. The third kappa shape index (κ3) is 4.60. The lowest BCUT2D eigenvalue weighted by Crippen LogP contribution is -2.06. The summed E-state index contributed by atoms with van der Waals surface area (Å²) < 4.78 is 0. The Hall–Kier alpha value is -3.28. The molecule has 2 aromatic carbocycles. The number of nitrogens with one attached hydrogen (secondary N) is 1. The van der Waals surface area contributed by atoms with Gasteiger partial charge in [-0.15, -0.1) is 0 Å². The van der Waals surface area contributed by atoms with Gasteiger partial charge in [0.2, 0.25) is 5.91 Å². The lowest BCUT2D eigenvalue weighted by molar-refractivity contribution is -0.384. The monoisotopic (exact) mass is 310 g/mol. The fraction of sp³-hybridized carbons (Fsp3) is 0.0588. The number of ketones is 1. The molecule has 2 rings (SSSR count). The first kappa shape index (κ1) is 16.1. The number of hydrogen-bond acceptors (Lipinski definition) is 4. The van der Waals surface area contributed by atoms with E-state index in [1.807, 2.05) is 0 Å². The Bertz CT molecular complexity index is 779. The van der Waals surface area contributed by atoms with E-state index >= 15 is 0 Å². The summed E-state index contributed by atoms with van der Waals surface area (Å²) in [5.41, 5.74) is 1.67. The first-order valence-corrected chi connectivity index (χ1v) is 6.80. The number of nitro benzene ring substituents is 1. The highest BCUT2D eigenvalue weighted by Crippen LogP contribution is 2.15. The molecule has 0 atom stereocenters. The number of carbonyl (C=O) groups excluding carboxylic acids is 2. The minimum Gasteiger partial charge on any atom is -0.326 e. The molecular formula is C17H14N2O4. The van der Waals surface area contributed by atoms with Crippen molar-refractivity contribution in [2.24, 2.45) is 0 Å². The highest BCUT2D eigenvalue weighted by atomic mass is 16.6. The van der Waals surface area contributed by atoms with Crippen LogP contribution in [0.2, 0.25) is 0 Å². The Morgan fingerprint density at radius 3 is 2.43 bits per heavy atom. The number of anilines is 1. The van der Waals surface area contributed by atoms with Crippen LogP contribution in [0.1, 0.15) is 22.8 Å². The molecule has 0 aliphatic rings. The van der Waals surface area contributed by atoms with E-state index in [9.17, 15) is 19.7 Å². The normalized spacial score (nSPS) is 10.5. The van der Waals surface area contributed by atoms with Gasteiger partial charge in [-0.1, -0.05) is 18.2 Å². The molecule has 0 saturated heterocycles. The van der Waals surface area contributed by atoms with Crippen molar-refractivity contribution in [3.05, 3.63) is 75.8 Å². The molecule has 0 aliphatic carbocycles. The highest BCUT2D eigenvalue weighted by Gasteiger charge is 2.05. The predicted molar refractivity (Wildman–Crippen MR) is 87.2 cm³/mol. The zero-order valence-electron chi connectivity index (χ0n) is 12.4. The number of benzene rings is 2. The SMILES string of the molecule is CC(=O)Nc1cccc(C(=O)C=Cc2ccc([N+](=O)[O-])cc2)c1. The Morgan fingerprint density at radius 1 is 1.13 bits per heavy atom. The molecule has 2 aromatic rings. The van der Waals surface area contributed by atoms with E-state index in [1.165, 1.54) is 25.1 Å². The largest absolute Gasteiger partial charge is 0.326 e. The van der Waals surface area contributed by atoms with Gasteiger partial charge in [0.1, 0.15) is 0 Å². The second kappa shape index (κ2) is 7.13. The van der Waals surface area contributed by atoms with Crippen LogP contribution in [0.3, 0.4) is 0 Å². The Labute approximate surface area is 132 Å². The first-order valence-electron chi connectivity index (χ1n) is 6.80. The number of amides is 1. The average molecular weight is 310 g/mol. The fourth-order valence-corrected chi connectivity index (χ4v) is 1.93. The van der Waals surface area contributed by atoms with Crippen LogP contribution in [0.5, 0.6) is 0 Å². The van der Waals surface area contributed by atoms with E-state index < -0.39 is 4.92 Å². The molecule has 0 unspecified atom stereocenters. The van der Waals surface area contributed by atoms with E-state index in [4.69, 9.17) is 0 Å². The van der Waals surface area contributed by atoms with Crippen molar-refractivity contribution < 1.29 is 14.5 Å². The molecule has 0 saturated carbocycles. The molecule has 0 fully saturated rings. The summed E-state index contributed by atoms with van der Waals surface area (Å²) in [5.74, 6) is -0.438. The molecule has 0 heterocycles. The number of carbonyl (C=O) groups is 2. The van der Waals surface area contributed by atoms with Gasteiger partial charge in [-0.2, -0.15) is 0 Å². The third-order valence-electron chi connectivity index (χ3n) is 3.00. The van der Waals surface area contributed by atoms with Crippen LogP contribution in [-0.2, 0) is 4.79 Å². The summed E-state index contributed by atoms with van der Waals surface area (Å²) in [4.78, 5) is 33.2. The second-order valence-electron chi connectivity index (χ2n) is 4.81. The maximum atomic E-state index is 12.1. The number of hydrogen-bond donors (Lipinski definition) is 1. The molecule has 0 aliphatic heterocycles. The van der Waals surface area contributed by atoms with Crippen molar-refractivity contribution in [1.29, 1.82) is 0 Å². The van der Waals surface area contributed by atoms with Gasteiger partial charge in [0, 0.05) is 30.3 Å². The summed E-state index contributed by atoms with van der Waals surface area (Å²) in [6, 6.07) is 12.5. The van der Waals surface area contributed by atoms with E-state index in [1.54, 1.807) is 42.5 Å². The topological polar surface area (TPSA) is 89.3 Å². The van der Waals surface area contributed by atoms with Gasteiger partial charge in [-0.3, -0.25) is 19.7 Å². The van der Waals surface area contributed by atoms with Crippen molar-refractivity contribution in [3.63, 3.8) is 0 Å². The van der Waals surface area contributed by atoms with Crippen molar-refractivity contribution in [1.82, 2.24) is 0 Å². The summed E-state index contributed by atoms with van der Waals surface area (Å²) in [7, 11) is 0. The molecule has 0 radical (unpaired) electrons. The molecular weight excluding hydrogens is 296 g/mol. The second-order valence-corrected chi connectivity index (χ2v) is 4.81. The first-order chi connectivity index (χ1) is 11.0. The molecule has 0 bridgehead atoms. The molecule has 116 valence electrons. The molecule has 0 spiro atoms. The molecule has 0 aromatic heterocycles. The minimum absolute atomic E-state index is 0.00325. The zero-order valence-corrected chi connectivity index (χ0v) is 12.4. The van der Waals surface area contributed by atoms with Gasteiger partial charge in [0.15, 0.2) is 5.78 Å². The van der Waals surface area contributed by atoms with Gasteiger partial charge >= 0.3 is 0 Å². The predicted octanol–water partition coefficient (Wildman–Crippen LogP) is 3.45. The van der Waals surface area contributed by atoms with Crippen LogP contribution < -0.4 is 5.32 Å². The van der Waals surface area contributed by atoms with Crippen LogP contribution in [0, 0.1) is 10.1 Å². The number of nitrogens with zero attached hydrogens (tertiary/aromatic N) is 1. The van der Waals surface area contributed by atoms with Gasteiger partial charge < -0.3 is 5.32 Å². The lowest BCUT2D eigenvalue weighted by Gasteiger charge is -2.03. The van der Waals surface area contributed by atoms with Gasteiger partial charge in [-0.05, 0) is 35.9 Å². The fourth-order valence-electron chi connectivity index (χ4n) is 1.93. The van der Waals surface area contributed by atoms with Crippen LogP contribution in [0.4, 0.5) is 11.4 Å². The highest BCUT2D eigenvalue weighted by molar-refractivity contribution is 6.07. The molecule has 23 heavy (non-hydrogen) atoms. The minimum atomic E-state index is -0.480. The molecule has 6 nitrogen and oxygen atoms in total. The quantitative estimate of drug-likeness (QED) is 0.396. The number of non-ortho nitro benzene ring substituents is 1. The van der Waals surface area contributed by atoms with Crippen LogP contribution in [-0.4, -0.2) is 16.6 Å². The van der Waals surface area contributed by atoms with Crippen LogP contribution in [0.15, 0.2) is 54.6 Å². The molecule has 1 N–H and O–H groups in total. The van der Waals surface area contributed by atoms with Gasteiger partial charge in [0.05, 0.1) is 4.92 Å². The van der Waals surface area contributed by atoms with E-state index in [0.717, 1.165) is 0 Å². The number of nitro groups is 1. The van der Waals surface area contributed by atoms with Crippen LogP contribution >= 0.6 is 0 Å². The van der Waals surface area contributed by atoms with Gasteiger partial charge in [-0.25, -0.2) is 0 Å². The Balaban J connectivity index is 2.11. The summed E-state index contributed by atoms with van der Waals surface area (Å²) >= 11 is 0. The van der Waals surface area contributed by atoms with Crippen molar-refractivity contribution >= 4 is 29.1 Å². The van der Waals surface area contributed by atoms with Crippen molar-refractivity contribution in [2.45, 2.75) is 6.92 Å². The Morgan fingerprint density at radius 2 is 1.83 bits per heavy atom. The standard InChI is InChI=1S/C17H14N2O4/c1-12(20)18-15-4-2-3-14(11-15)17(21)10-7-13-5-8-16(9-6-13)19(22)23/h2-11H,1H3,(H,18,20). The van der Waals surface area contributed by atoms with Gasteiger partial charge in [0.25, 0.3) is 5.69 Å². The summed E-state index contributed by atoms with van der Waals surface area (Å²) in [6.07, 6.45) is 2.96. The molecule has 6 heteroatoms. The zero-order chi connectivity index (χ0) is 16.8. The number of allylic oxidation sites excluding steroid dienone is 1. The van der Waals surface area contributed by atoms with E-state index in [0.29, 0.717) is 16.8 Å². The average Bonchev–Trinajstić information content (AvgIpc) is 2.52. The maximum Gasteiger partial charge on any atom is 0.269 e. The third-order valence-corrected chi connectivity index (χ3v) is 3.00. The summed E-state index contributed by atoms with van der Waals surface area (Å²) in [5, 5.41) is 13.2. The maximum absolute atomic E-state index is 12.1. The van der Waals surface area contributed by atoms with E-state index in [-0.39, 0.29) is 17.4 Å². The van der Waals surface area contributed by atoms with Crippen molar-refractivity contribution in [2.75, 3.05) is 5.32 Å². The Kier molecular flexibility index (Phi) is 4.99. The van der Waals surface area contributed by atoms with Crippen LogP contribution in [0.25, 0.3) is 6.08 Å². The molecule has 1 amide bonds. The lowest BCUT2D eigenvalue weighted by atomic mass is 10.1. The smallest absolute Gasteiger partial charge is 0.269 e. The van der Waals surface area contributed by atoms with E-state index in [2.05, 4.69) is 5.32 Å². The number of rotatable bonds is 5.